The van der Waals surface area contributed by atoms with Crippen molar-refractivity contribution in [3.8, 4) is 6.07 Å². The molecule has 0 unspecified atom stereocenters. The number of rotatable bonds is 2. The van der Waals surface area contributed by atoms with Crippen LogP contribution in [-0.4, -0.2) is 24.6 Å². The Morgan fingerprint density at radius 1 is 1.47 bits per heavy atom. The molecule has 0 aliphatic rings. The second-order valence-electron chi connectivity index (χ2n) is 3.49. The minimum absolute atomic E-state index is 0.0110. The molecule has 1 aromatic rings. The zero-order chi connectivity index (χ0) is 11.6. The Morgan fingerprint density at radius 2 is 2.07 bits per heavy atom. The molecule has 0 N–H and O–H groups in total. The molecule has 0 aliphatic heterocycles. The van der Waals surface area contributed by atoms with Crippen LogP contribution in [0.2, 0.25) is 0 Å². The summed E-state index contributed by atoms with van der Waals surface area (Å²) in [7, 11) is -3.42. The van der Waals surface area contributed by atoms with E-state index >= 15 is 0 Å². The summed E-state index contributed by atoms with van der Waals surface area (Å²) in [6.07, 6.45) is 2.29. The van der Waals surface area contributed by atoms with Gasteiger partial charge in [-0.25, -0.2) is 18.4 Å². The number of sulfone groups is 1. The second-order valence-corrected chi connectivity index (χ2v) is 5.40. The van der Waals surface area contributed by atoms with Crippen molar-refractivity contribution >= 4 is 9.84 Å². The average Bonchev–Trinajstić information content (AvgIpc) is 2.15. The van der Waals surface area contributed by atoms with Gasteiger partial charge in [0, 0.05) is 12.5 Å². The molecule has 0 bridgehead atoms. The summed E-state index contributed by atoms with van der Waals surface area (Å²) in [6, 6.07) is 1.94. The highest BCUT2D eigenvalue weighted by atomic mass is 32.2. The molecule has 0 aromatic carbocycles. The lowest BCUT2D eigenvalue weighted by Gasteiger charge is -2.07. The van der Waals surface area contributed by atoms with E-state index in [-0.39, 0.29) is 11.1 Å². The van der Waals surface area contributed by atoms with Crippen molar-refractivity contribution in [3.63, 3.8) is 0 Å². The average molecular weight is 225 g/mol. The molecule has 1 aromatic heterocycles. The Balaban J connectivity index is 3.43. The van der Waals surface area contributed by atoms with E-state index in [0.29, 0.717) is 11.3 Å². The summed E-state index contributed by atoms with van der Waals surface area (Å²) in [5.74, 6) is -0.0110. The highest BCUT2D eigenvalue weighted by Crippen LogP contribution is 2.16. The van der Waals surface area contributed by atoms with E-state index in [1.54, 1.807) is 0 Å². The first-order valence-corrected chi connectivity index (χ1v) is 6.22. The van der Waals surface area contributed by atoms with Gasteiger partial charge in [-0.2, -0.15) is 5.26 Å². The lowest BCUT2D eigenvalue weighted by Crippen LogP contribution is -2.08. The normalized spacial score (nSPS) is 11.4. The lowest BCUT2D eigenvalue weighted by molar-refractivity contribution is 0.590. The molecule has 1 rings (SSSR count). The Morgan fingerprint density at radius 3 is 2.47 bits per heavy atom. The van der Waals surface area contributed by atoms with Gasteiger partial charge in [0.2, 0.25) is 15.0 Å². The highest BCUT2D eigenvalue weighted by Gasteiger charge is 2.16. The van der Waals surface area contributed by atoms with E-state index in [0.717, 1.165) is 6.26 Å². The molecular formula is C9H11N3O2S. The minimum Gasteiger partial charge on any atom is -0.225 e. The summed E-state index contributed by atoms with van der Waals surface area (Å²) < 4.78 is 22.4. The van der Waals surface area contributed by atoms with Crippen LogP contribution in [-0.2, 0) is 9.84 Å². The quantitative estimate of drug-likeness (QED) is 0.697. The van der Waals surface area contributed by atoms with Crippen molar-refractivity contribution in [2.45, 2.75) is 24.9 Å². The molecular weight excluding hydrogens is 214 g/mol. The van der Waals surface area contributed by atoms with Gasteiger partial charge in [-0.3, -0.25) is 0 Å². The van der Waals surface area contributed by atoms with Crippen molar-refractivity contribution in [1.82, 2.24) is 9.97 Å². The zero-order valence-electron chi connectivity index (χ0n) is 8.72. The fourth-order valence-electron chi connectivity index (χ4n) is 1.08. The molecule has 6 heteroatoms. The topological polar surface area (TPSA) is 83.7 Å². The van der Waals surface area contributed by atoms with Crippen LogP contribution in [0, 0.1) is 11.3 Å². The number of nitrogens with zero attached hydrogens (tertiary/aromatic N) is 3. The molecule has 80 valence electrons. The van der Waals surface area contributed by atoms with Crippen molar-refractivity contribution in [3.05, 3.63) is 17.5 Å². The smallest absolute Gasteiger partial charge is 0.225 e. The fourth-order valence-corrected chi connectivity index (χ4v) is 1.59. The van der Waals surface area contributed by atoms with Crippen LogP contribution in [0.15, 0.2) is 11.4 Å². The second kappa shape index (κ2) is 3.95. The lowest BCUT2D eigenvalue weighted by atomic mass is 10.1. The van der Waals surface area contributed by atoms with Crippen molar-refractivity contribution < 1.29 is 8.42 Å². The summed E-state index contributed by atoms with van der Waals surface area (Å²) >= 11 is 0. The van der Waals surface area contributed by atoms with Crippen LogP contribution >= 0.6 is 0 Å². The number of aromatic nitrogens is 2. The van der Waals surface area contributed by atoms with Gasteiger partial charge in [-0.05, 0) is 5.92 Å². The maximum Gasteiger partial charge on any atom is 0.247 e. The van der Waals surface area contributed by atoms with E-state index in [2.05, 4.69) is 9.97 Å². The summed E-state index contributed by atoms with van der Waals surface area (Å²) in [5, 5.41) is 8.55. The molecule has 5 nitrogen and oxygen atoms in total. The van der Waals surface area contributed by atoms with E-state index < -0.39 is 9.84 Å². The van der Waals surface area contributed by atoms with Gasteiger partial charge in [0.05, 0.1) is 11.3 Å². The van der Waals surface area contributed by atoms with E-state index in [9.17, 15) is 8.42 Å². The predicted molar refractivity (Wildman–Crippen MR) is 53.9 cm³/mol. The molecule has 0 aliphatic carbocycles. The summed E-state index contributed by atoms with van der Waals surface area (Å²) in [6.45, 7) is 3.68. The Hall–Kier alpha value is -1.48. The zero-order valence-corrected chi connectivity index (χ0v) is 9.54. The maximum absolute atomic E-state index is 11.2. The van der Waals surface area contributed by atoms with Crippen LogP contribution in [0.3, 0.4) is 0 Å². The third-order valence-electron chi connectivity index (χ3n) is 1.80. The molecule has 0 saturated carbocycles. The molecule has 15 heavy (non-hydrogen) atoms. The molecule has 1 heterocycles. The standard InChI is InChI=1S/C9H11N3O2S/c1-6(2)8-7(4-10)5-11-9(12-8)15(3,13)14/h5-6H,1-3H3. The highest BCUT2D eigenvalue weighted by molar-refractivity contribution is 7.90. The minimum atomic E-state index is -3.42. The predicted octanol–water partition coefficient (Wildman–Crippen LogP) is 0.875. The van der Waals surface area contributed by atoms with E-state index in [1.807, 2.05) is 19.9 Å². The van der Waals surface area contributed by atoms with Gasteiger partial charge in [0.15, 0.2) is 0 Å². The third kappa shape index (κ3) is 2.50. The fraction of sp³-hybridized carbons (Fsp3) is 0.444. The molecule has 0 amide bonds. The van der Waals surface area contributed by atoms with Crippen LogP contribution in [0.25, 0.3) is 0 Å². The van der Waals surface area contributed by atoms with Gasteiger partial charge < -0.3 is 0 Å². The third-order valence-corrected chi connectivity index (χ3v) is 2.66. The van der Waals surface area contributed by atoms with Gasteiger partial charge in [-0.15, -0.1) is 0 Å². The number of hydrogen-bond acceptors (Lipinski definition) is 5. The first kappa shape index (κ1) is 11.6. The van der Waals surface area contributed by atoms with E-state index in [4.69, 9.17) is 5.26 Å². The van der Waals surface area contributed by atoms with E-state index in [1.165, 1.54) is 6.20 Å². The summed E-state index contributed by atoms with van der Waals surface area (Å²) in [5.41, 5.74) is 0.783. The van der Waals surface area contributed by atoms with Gasteiger partial charge in [0.25, 0.3) is 0 Å². The SMILES string of the molecule is CC(C)c1nc(S(C)(=O)=O)ncc1C#N. The first-order chi connectivity index (χ1) is 6.86. The Bertz CT molecular complexity index is 515. The van der Waals surface area contributed by atoms with Crippen LogP contribution in [0.5, 0.6) is 0 Å². The van der Waals surface area contributed by atoms with Crippen molar-refractivity contribution in [2.24, 2.45) is 0 Å². The Kier molecular flexibility index (Phi) is 3.05. The maximum atomic E-state index is 11.2. The first-order valence-electron chi connectivity index (χ1n) is 4.33. The van der Waals surface area contributed by atoms with Gasteiger partial charge >= 0.3 is 0 Å². The molecule has 0 spiro atoms. The molecule has 0 fully saturated rings. The monoisotopic (exact) mass is 225 g/mol. The van der Waals surface area contributed by atoms with Crippen molar-refractivity contribution in [1.29, 1.82) is 5.26 Å². The van der Waals surface area contributed by atoms with Crippen LogP contribution in [0.1, 0.15) is 31.0 Å². The Labute approximate surface area is 88.7 Å². The number of nitriles is 1. The van der Waals surface area contributed by atoms with Crippen LogP contribution < -0.4 is 0 Å². The van der Waals surface area contributed by atoms with Crippen LogP contribution in [0.4, 0.5) is 0 Å². The van der Waals surface area contributed by atoms with Gasteiger partial charge in [-0.1, -0.05) is 13.8 Å². The number of hydrogen-bond donors (Lipinski definition) is 0. The van der Waals surface area contributed by atoms with Crippen molar-refractivity contribution in [2.75, 3.05) is 6.26 Å². The van der Waals surface area contributed by atoms with Gasteiger partial charge in [0.1, 0.15) is 6.07 Å². The molecule has 0 saturated heterocycles. The molecule has 0 atom stereocenters. The molecule has 0 radical (unpaired) electrons. The summed E-state index contributed by atoms with van der Waals surface area (Å²) in [4.78, 5) is 7.54. The largest absolute Gasteiger partial charge is 0.247 e.